The minimum Gasteiger partial charge on any atom is -0.366 e. The van der Waals surface area contributed by atoms with Crippen LogP contribution in [0.25, 0.3) is 0 Å². The van der Waals surface area contributed by atoms with Crippen LogP contribution in [0.15, 0.2) is 23.2 Å². The molecule has 0 bridgehead atoms. The van der Waals surface area contributed by atoms with Crippen molar-refractivity contribution in [3.8, 4) is 0 Å². The molecule has 0 atom stereocenters. The molecule has 0 saturated carbocycles. The third-order valence-electron chi connectivity index (χ3n) is 3.23. The molecule has 3 N–H and O–H groups in total. The van der Waals surface area contributed by atoms with E-state index in [0.29, 0.717) is 0 Å². The first-order valence-corrected chi connectivity index (χ1v) is 6.55. The van der Waals surface area contributed by atoms with Gasteiger partial charge in [0.2, 0.25) is 0 Å². The van der Waals surface area contributed by atoms with E-state index in [1.54, 1.807) is 0 Å². The predicted octanol–water partition coefficient (Wildman–Crippen LogP) is 1.66. The van der Waals surface area contributed by atoms with Gasteiger partial charge < -0.3 is 20.9 Å². The molecular formula is C13H19N5. The summed E-state index contributed by atoms with van der Waals surface area (Å²) in [6, 6.07) is 6.40. The number of hydrogen-bond donors (Lipinski definition) is 3. The second-order valence-corrected chi connectivity index (χ2v) is 4.61. The lowest BCUT2D eigenvalue weighted by Crippen LogP contribution is -2.26. The molecule has 0 aliphatic carbocycles. The van der Waals surface area contributed by atoms with Crippen LogP contribution in [0.1, 0.15) is 13.3 Å². The Morgan fingerprint density at radius 3 is 3.11 bits per heavy atom. The molecule has 0 fully saturated rings. The molecule has 5 nitrogen and oxygen atoms in total. The van der Waals surface area contributed by atoms with Crippen LogP contribution in [-0.4, -0.2) is 32.3 Å². The van der Waals surface area contributed by atoms with Gasteiger partial charge in [0, 0.05) is 18.8 Å². The van der Waals surface area contributed by atoms with Crippen molar-refractivity contribution in [1.29, 1.82) is 0 Å². The zero-order valence-corrected chi connectivity index (χ0v) is 10.7. The Labute approximate surface area is 107 Å². The van der Waals surface area contributed by atoms with Crippen molar-refractivity contribution in [3.05, 3.63) is 18.2 Å². The van der Waals surface area contributed by atoms with E-state index in [9.17, 15) is 0 Å². The van der Waals surface area contributed by atoms with Crippen molar-refractivity contribution in [2.45, 2.75) is 13.3 Å². The smallest absolute Gasteiger partial charge is 0.195 e. The van der Waals surface area contributed by atoms with Crippen LogP contribution in [0.3, 0.4) is 0 Å². The second kappa shape index (κ2) is 4.76. The highest BCUT2D eigenvalue weighted by atomic mass is 15.3. The molecular weight excluding hydrogens is 226 g/mol. The molecule has 0 amide bonds. The highest BCUT2D eigenvalue weighted by Crippen LogP contribution is 2.33. The summed E-state index contributed by atoms with van der Waals surface area (Å²) in [6.07, 6.45) is 1.16. The maximum absolute atomic E-state index is 4.35. The maximum atomic E-state index is 4.35. The Morgan fingerprint density at radius 2 is 2.33 bits per heavy atom. The fourth-order valence-electron chi connectivity index (χ4n) is 2.37. The van der Waals surface area contributed by atoms with Gasteiger partial charge in [-0.05, 0) is 24.6 Å². The SMILES string of the molecule is CCCN1CNc2ccc(NC3=NCCN3)cc21. The Morgan fingerprint density at radius 1 is 1.39 bits per heavy atom. The lowest BCUT2D eigenvalue weighted by atomic mass is 10.2. The number of hydrogen-bond acceptors (Lipinski definition) is 5. The minimum atomic E-state index is 0.858. The van der Waals surface area contributed by atoms with Gasteiger partial charge in [0.1, 0.15) is 0 Å². The fraction of sp³-hybridized carbons (Fsp3) is 0.462. The van der Waals surface area contributed by atoms with Crippen LogP contribution in [0.5, 0.6) is 0 Å². The van der Waals surface area contributed by atoms with Crippen molar-refractivity contribution >= 4 is 23.0 Å². The molecule has 0 aromatic heterocycles. The van der Waals surface area contributed by atoms with Crippen molar-refractivity contribution in [2.75, 3.05) is 41.8 Å². The van der Waals surface area contributed by atoms with Crippen LogP contribution in [0, 0.1) is 0 Å². The molecule has 2 aliphatic heterocycles. The lowest BCUT2D eigenvalue weighted by molar-refractivity contribution is 0.820. The molecule has 0 spiro atoms. The molecule has 5 heteroatoms. The highest BCUT2D eigenvalue weighted by molar-refractivity contribution is 5.95. The number of benzene rings is 1. The molecule has 0 radical (unpaired) electrons. The monoisotopic (exact) mass is 245 g/mol. The number of nitrogens with zero attached hydrogens (tertiary/aromatic N) is 2. The summed E-state index contributed by atoms with van der Waals surface area (Å²) in [7, 11) is 0. The van der Waals surface area contributed by atoms with E-state index in [1.807, 2.05) is 0 Å². The Bertz CT molecular complexity index is 466. The van der Waals surface area contributed by atoms with Gasteiger partial charge in [-0.1, -0.05) is 6.92 Å². The van der Waals surface area contributed by atoms with Crippen molar-refractivity contribution < 1.29 is 0 Å². The number of rotatable bonds is 3. The summed E-state index contributed by atoms with van der Waals surface area (Å²) in [5.74, 6) is 0.878. The standard InChI is InChI=1S/C13H19N5/c1-2-7-18-9-16-11-4-3-10(8-12(11)18)17-13-14-5-6-15-13/h3-4,8,16H,2,5-7,9H2,1H3,(H2,14,15,17). The average molecular weight is 245 g/mol. The van der Waals surface area contributed by atoms with Crippen LogP contribution in [-0.2, 0) is 0 Å². The molecule has 2 heterocycles. The Balaban J connectivity index is 1.79. The zero-order chi connectivity index (χ0) is 12.4. The number of guanidine groups is 1. The van der Waals surface area contributed by atoms with Gasteiger partial charge in [-0.3, -0.25) is 4.99 Å². The van der Waals surface area contributed by atoms with E-state index >= 15 is 0 Å². The molecule has 18 heavy (non-hydrogen) atoms. The van der Waals surface area contributed by atoms with E-state index in [-0.39, 0.29) is 0 Å². The van der Waals surface area contributed by atoms with E-state index in [1.165, 1.54) is 11.4 Å². The van der Waals surface area contributed by atoms with Gasteiger partial charge in [0.05, 0.1) is 24.6 Å². The third kappa shape index (κ3) is 2.08. The van der Waals surface area contributed by atoms with E-state index < -0.39 is 0 Å². The first-order valence-electron chi connectivity index (χ1n) is 6.55. The molecule has 1 aromatic rings. The van der Waals surface area contributed by atoms with Crippen molar-refractivity contribution in [2.24, 2.45) is 4.99 Å². The average Bonchev–Trinajstić information content (AvgIpc) is 3.00. The highest BCUT2D eigenvalue weighted by Gasteiger charge is 2.18. The van der Waals surface area contributed by atoms with Crippen molar-refractivity contribution in [1.82, 2.24) is 5.32 Å². The largest absolute Gasteiger partial charge is 0.366 e. The molecule has 96 valence electrons. The number of aliphatic imine (C=N–C) groups is 1. The summed E-state index contributed by atoms with van der Waals surface area (Å²) < 4.78 is 0. The lowest BCUT2D eigenvalue weighted by Gasteiger charge is -2.17. The zero-order valence-electron chi connectivity index (χ0n) is 10.7. The van der Waals surface area contributed by atoms with Gasteiger partial charge in [-0.15, -0.1) is 0 Å². The van der Waals surface area contributed by atoms with Crippen molar-refractivity contribution in [3.63, 3.8) is 0 Å². The summed E-state index contributed by atoms with van der Waals surface area (Å²) in [5.41, 5.74) is 3.59. The van der Waals surface area contributed by atoms with E-state index in [2.05, 4.69) is 51.0 Å². The Kier molecular flexibility index (Phi) is 2.96. The van der Waals surface area contributed by atoms with Crippen LogP contribution in [0.4, 0.5) is 17.1 Å². The predicted molar refractivity (Wildman–Crippen MR) is 76.5 cm³/mol. The van der Waals surface area contributed by atoms with Gasteiger partial charge >= 0.3 is 0 Å². The summed E-state index contributed by atoms with van der Waals surface area (Å²) in [6.45, 7) is 5.99. The van der Waals surface area contributed by atoms with Gasteiger partial charge in [0.25, 0.3) is 0 Å². The van der Waals surface area contributed by atoms with E-state index in [4.69, 9.17) is 0 Å². The second-order valence-electron chi connectivity index (χ2n) is 4.61. The summed E-state index contributed by atoms with van der Waals surface area (Å²) in [4.78, 5) is 6.71. The normalized spacial score (nSPS) is 16.9. The molecule has 1 aromatic carbocycles. The summed E-state index contributed by atoms with van der Waals surface area (Å²) >= 11 is 0. The third-order valence-corrected chi connectivity index (χ3v) is 3.23. The van der Waals surface area contributed by atoms with E-state index in [0.717, 1.165) is 44.4 Å². The summed E-state index contributed by atoms with van der Waals surface area (Å²) in [5, 5.41) is 9.94. The number of nitrogens with one attached hydrogen (secondary N) is 3. The van der Waals surface area contributed by atoms with Gasteiger partial charge in [-0.2, -0.15) is 0 Å². The first-order chi connectivity index (χ1) is 8.86. The molecule has 3 rings (SSSR count). The molecule has 0 unspecified atom stereocenters. The van der Waals surface area contributed by atoms with Crippen LogP contribution < -0.4 is 20.9 Å². The molecule has 0 saturated heterocycles. The number of anilines is 3. The topological polar surface area (TPSA) is 51.7 Å². The first kappa shape index (κ1) is 11.2. The maximum Gasteiger partial charge on any atom is 0.195 e. The van der Waals surface area contributed by atoms with Crippen LogP contribution in [0.2, 0.25) is 0 Å². The Hall–Kier alpha value is -1.91. The number of fused-ring (bicyclic) bond motifs is 1. The quantitative estimate of drug-likeness (QED) is 0.758. The molecule has 2 aliphatic rings. The van der Waals surface area contributed by atoms with Gasteiger partial charge in [0.15, 0.2) is 5.96 Å². The minimum absolute atomic E-state index is 0.858. The van der Waals surface area contributed by atoms with Crippen LogP contribution >= 0.6 is 0 Å². The fourth-order valence-corrected chi connectivity index (χ4v) is 2.37. The van der Waals surface area contributed by atoms with Gasteiger partial charge in [-0.25, -0.2) is 0 Å².